The summed E-state index contributed by atoms with van der Waals surface area (Å²) in [5.74, 6) is 0.763. The summed E-state index contributed by atoms with van der Waals surface area (Å²) in [6.45, 7) is 18.4. The van der Waals surface area contributed by atoms with Crippen molar-refractivity contribution in [3.63, 3.8) is 0 Å². The van der Waals surface area contributed by atoms with E-state index in [0.29, 0.717) is 4.75 Å². The SMILES string of the molecule is C/C=C(\C)SC(C)(C)C.C=CC.CC1CCCC(O)C1.c1ccccc1. The zero-order chi connectivity index (χ0) is 20.4. The van der Waals surface area contributed by atoms with Crippen molar-refractivity contribution in [1.29, 1.82) is 0 Å². The molecule has 2 heteroatoms. The third-order valence-corrected chi connectivity index (χ3v) is 4.62. The van der Waals surface area contributed by atoms with Crippen LogP contribution >= 0.6 is 11.8 Å². The predicted molar refractivity (Wildman–Crippen MR) is 123 cm³/mol. The molecule has 0 bridgehead atoms. The van der Waals surface area contributed by atoms with Gasteiger partial charge in [0.05, 0.1) is 6.10 Å². The summed E-state index contributed by atoms with van der Waals surface area (Å²) in [7, 11) is 0. The number of hydrogen-bond donors (Lipinski definition) is 1. The zero-order valence-electron chi connectivity index (χ0n) is 18.2. The number of hydrogen-bond acceptors (Lipinski definition) is 2. The summed E-state index contributed by atoms with van der Waals surface area (Å²) in [4.78, 5) is 1.41. The highest BCUT2D eigenvalue weighted by Gasteiger charge is 2.15. The summed E-state index contributed by atoms with van der Waals surface area (Å²) >= 11 is 1.92. The summed E-state index contributed by atoms with van der Waals surface area (Å²) in [5.41, 5.74) is 0. The molecule has 2 rings (SSSR count). The highest BCUT2D eigenvalue weighted by Crippen LogP contribution is 2.29. The highest BCUT2D eigenvalue weighted by atomic mass is 32.2. The van der Waals surface area contributed by atoms with Gasteiger partial charge in [-0.05, 0) is 44.4 Å². The van der Waals surface area contributed by atoms with Crippen molar-refractivity contribution in [2.75, 3.05) is 0 Å². The van der Waals surface area contributed by atoms with Crippen LogP contribution in [0, 0.1) is 5.92 Å². The second kappa shape index (κ2) is 17.4. The Bertz CT molecular complexity index is 410. The molecule has 0 amide bonds. The molecule has 26 heavy (non-hydrogen) atoms. The van der Waals surface area contributed by atoms with Crippen LogP contribution in [-0.2, 0) is 0 Å². The van der Waals surface area contributed by atoms with Crippen molar-refractivity contribution < 1.29 is 5.11 Å². The van der Waals surface area contributed by atoms with Crippen molar-refractivity contribution >= 4 is 11.8 Å². The van der Waals surface area contributed by atoms with E-state index in [2.05, 4.69) is 54.2 Å². The van der Waals surface area contributed by atoms with Crippen LogP contribution in [0.25, 0.3) is 0 Å². The lowest BCUT2D eigenvalue weighted by Gasteiger charge is -2.21. The Balaban J connectivity index is 0. The van der Waals surface area contributed by atoms with Gasteiger partial charge in [0.1, 0.15) is 0 Å². The fourth-order valence-electron chi connectivity index (χ4n) is 2.33. The minimum atomic E-state index is 0.0127. The monoisotopic (exact) mass is 378 g/mol. The maximum atomic E-state index is 9.08. The van der Waals surface area contributed by atoms with Crippen LogP contribution in [-0.4, -0.2) is 16.0 Å². The Morgan fingerprint density at radius 2 is 1.46 bits per heavy atom. The predicted octanol–water partition coefficient (Wildman–Crippen LogP) is 7.88. The largest absolute Gasteiger partial charge is 0.393 e. The van der Waals surface area contributed by atoms with Gasteiger partial charge in [0.25, 0.3) is 0 Å². The summed E-state index contributed by atoms with van der Waals surface area (Å²) < 4.78 is 0.372. The third-order valence-electron chi connectivity index (χ3n) is 3.45. The van der Waals surface area contributed by atoms with Crippen LogP contribution in [0.4, 0.5) is 0 Å². The Morgan fingerprint density at radius 3 is 1.65 bits per heavy atom. The van der Waals surface area contributed by atoms with Gasteiger partial charge in [0.15, 0.2) is 0 Å². The molecule has 0 saturated heterocycles. The van der Waals surface area contributed by atoms with Gasteiger partial charge < -0.3 is 5.11 Å². The minimum Gasteiger partial charge on any atom is -0.393 e. The molecular weight excluding hydrogens is 336 g/mol. The molecule has 0 aromatic heterocycles. The average Bonchev–Trinajstić information content (AvgIpc) is 2.56. The van der Waals surface area contributed by atoms with Gasteiger partial charge in [-0.3, -0.25) is 0 Å². The van der Waals surface area contributed by atoms with E-state index < -0.39 is 0 Å². The van der Waals surface area contributed by atoms with Crippen LogP contribution in [0.1, 0.15) is 74.1 Å². The van der Waals surface area contributed by atoms with E-state index in [-0.39, 0.29) is 6.10 Å². The quantitative estimate of drug-likeness (QED) is 0.501. The molecule has 1 saturated carbocycles. The topological polar surface area (TPSA) is 20.2 Å². The van der Waals surface area contributed by atoms with Gasteiger partial charge in [-0.25, -0.2) is 0 Å². The second-order valence-corrected chi connectivity index (χ2v) is 9.68. The Kier molecular flexibility index (Phi) is 18.3. The smallest absolute Gasteiger partial charge is 0.0542 e. The van der Waals surface area contributed by atoms with E-state index in [9.17, 15) is 0 Å². The Labute approximate surface area is 168 Å². The van der Waals surface area contributed by atoms with Gasteiger partial charge in [-0.15, -0.1) is 18.3 Å². The van der Waals surface area contributed by atoms with Gasteiger partial charge in [-0.1, -0.05) is 89.1 Å². The van der Waals surface area contributed by atoms with Crippen molar-refractivity contribution in [1.82, 2.24) is 0 Å². The van der Waals surface area contributed by atoms with Gasteiger partial charge in [0.2, 0.25) is 0 Å². The maximum Gasteiger partial charge on any atom is 0.0542 e. The molecule has 2 unspecified atom stereocenters. The maximum absolute atomic E-state index is 9.08. The number of rotatable bonds is 1. The first kappa shape index (κ1) is 27.2. The van der Waals surface area contributed by atoms with Crippen molar-refractivity contribution in [3.8, 4) is 0 Å². The Hall–Kier alpha value is -0.990. The van der Waals surface area contributed by atoms with Crippen molar-refractivity contribution in [3.05, 3.63) is 60.0 Å². The van der Waals surface area contributed by atoms with Crippen LogP contribution < -0.4 is 0 Å². The number of thioether (sulfide) groups is 1. The molecule has 2 atom stereocenters. The molecular formula is C24H42OS. The number of aliphatic hydroxyl groups is 1. The lowest BCUT2D eigenvalue weighted by molar-refractivity contribution is 0.106. The van der Waals surface area contributed by atoms with E-state index in [1.165, 1.54) is 17.7 Å². The van der Waals surface area contributed by atoms with E-state index in [1.54, 1.807) is 6.08 Å². The normalized spacial score (nSPS) is 19.5. The van der Waals surface area contributed by atoms with Crippen LogP contribution in [0.2, 0.25) is 0 Å². The third kappa shape index (κ3) is 23.0. The molecule has 1 aromatic carbocycles. The fourth-order valence-corrected chi connectivity index (χ4v) is 3.41. The molecule has 1 aliphatic rings. The molecule has 1 aliphatic carbocycles. The molecule has 1 nitrogen and oxygen atoms in total. The first-order valence-electron chi connectivity index (χ1n) is 9.73. The van der Waals surface area contributed by atoms with E-state index in [4.69, 9.17) is 5.11 Å². The number of aliphatic hydroxyl groups excluding tert-OH is 1. The first-order chi connectivity index (χ1) is 12.2. The van der Waals surface area contributed by atoms with Crippen LogP contribution in [0.5, 0.6) is 0 Å². The summed E-state index contributed by atoms with van der Waals surface area (Å²) in [6.07, 6.45) is 8.51. The molecule has 1 N–H and O–H groups in total. The molecule has 0 heterocycles. The lowest BCUT2D eigenvalue weighted by Crippen LogP contribution is -2.16. The zero-order valence-corrected chi connectivity index (χ0v) is 19.0. The summed E-state index contributed by atoms with van der Waals surface area (Å²) in [5, 5.41) is 9.08. The molecule has 150 valence electrons. The first-order valence-corrected chi connectivity index (χ1v) is 10.5. The van der Waals surface area contributed by atoms with E-state index in [0.717, 1.165) is 18.8 Å². The number of allylic oxidation sites excluding steroid dienone is 3. The minimum absolute atomic E-state index is 0.0127. The molecule has 0 aliphatic heterocycles. The average molecular weight is 379 g/mol. The molecule has 0 spiro atoms. The molecule has 1 aromatic rings. The van der Waals surface area contributed by atoms with Gasteiger partial charge >= 0.3 is 0 Å². The van der Waals surface area contributed by atoms with Gasteiger partial charge in [-0.2, -0.15) is 0 Å². The van der Waals surface area contributed by atoms with E-state index >= 15 is 0 Å². The standard InChI is InChI=1S/C8H16S.C7H14O.C6H6.C3H6/c1-6-7(2)9-8(3,4)5;1-6-3-2-4-7(8)5-6;1-2-4-6-5-3-1;1-3-2/h6H,1-5H3;6-8H,2-5H2,1H3;1-6H;3H,1H2,2H3/b7-6+;;;. The van der Waals surface area contributed by atoms with Gasteiger partial charge in [0, 0.05) is 4.75 Å². The highest BCUT2D eigenvalue weighted by molar-refractivity contribution is 8.04. The fraction of sp³-hybridized carbons (Fsp3) is 0.583. The number of benzene rings is 1. The molecule has 0 radical (unpaired) electrons. The molecule has 1 fully saturated rings. The summed E-state index contributed by atoms with van der Waals surface area (Å²) in [6, 6.07) is 12.0. The lowest BCUT2D eigenvalue weighted by atomic mass is 9.89. The second-order valence-electron chi connectivity index (χ2n) is 7.60. The van der Waals surface area contributed by atoms with Crippen LogP contribution in [0.3, 0.4) is 0 Å². The van der Waals surface area contributed by atoms with Crippen molar-refractivity contribution in [2.24, 2.45) is 5.92 Å². The van der Waals surface area contributed by atoms with Crippen LogP contribution in [0.15, 0.2) is 60.0 Å². The Morgan fingerprint density at radius 1 is 1.04 bits per heavy atom. The van der Waals surface area contributed by atoms with E-state index in [1.807, 2.05) is 55.1 Å². The van der Waals surface area contributed by atoms with Crippen molar-refractivity contribution in [2.45, 2.75) is 85.0 Å².